The summed E-state index contributed by atoms with van der Waals surface area (Å²) in [5, 5.41) is 2.37. The summed E-state index contributed by atoms with van der Waals surface area (Å²) >= 11 is 1.81. The lowest BCUT2D eigenvalue weighted by atomic mass is 9.94. The van der Waals surface area contributed by atoms with Crippen molar-refractivity contribution < 1.29 is 0 Å². The summed E-state index contributed by atoms with van der Waals surface area (Å²) < 4.78 is 2.56. The van der Waals surface area contributed by atoms with Gasteiger partial charge in [0.25, 0.3) is 0 Å². The molecule has 186 valence electrons. The number of benzene rings is 1. The van der Waals surface area contributed by atoms with Crippen LogP contribution in [0.4, 0.5) is 5.00 Å². The van der Waals surface area contributed by atoms with Crippen LogP contribution in [0.3, 0.4) is 0 Å². The van der Waals surface area contributed by atoms with Gasteiger partial charge in [0.15, 0.2) is 0 Å². The molecule has 5 heteroatoms. The van der Waals surface area contributed by atoms with Crippen LogP contribution in [0.2, 0.25) is 0 Å². The number of rotatable bonds is 10. The summed E-state index contributed by atoms with van der Waals surface area (Å²) in [6, 6.07) is 7.37. The maximum Gasteiger partial charge on any atom is 0.141 e. The SMILES string of the molecule is C/C=C(\C=C/C1CC1)c1nc2cc(-c3ncc(N(CCC)CCC)s3)ccc2n1C1CCCCC1. The van der Waals surface area contributed by atoms with E-state index in [1.807, 2.05) is 11.3 Å². The Hall–Kier alpha value is -2.40. The Morgan fingerprint density at radius 3 is 2.54 bits per heavy atom. The van der Waals surface area contributed by atoms with Crippen molar-refractivity contribution in [1.82, 2.24) is 14.5 Å². The van der Waals surface area contributed by atoms with E-state index in [4.69, 9.17) is 9.97 Å². The highest BCUT2D eigenvalue weighted by molar-refractivity contribution is 7.18. The summed E-state index contributed by atoms with van der Waals surface area (Å²) in [5.41, 5.74) is 4.80. The molecule has 35 heavy (non-hydrogen) atoms. The summed E-state index contributed by atoms with van der Waals surface area (Å²) in [5.74, 6) is 1.91. The molecule has 2 aromatic heterocycles. The second kappa shape index (κ2) is 11.1. The number of thiazole rings is 1. The summed E-state index contributed by atoms with van der Waals surface area (Å²) in [6.07, 6.45) is 20.5. The van der Waals surface area contributed by atoms with E-state index in [-0.39, 0.29) is 0 Å². The molecule has 0 saturated heterocycles. The van der Waals surface area contributed by atoms with Crippen LogP contribution in [0.5, 0.6) is 0 Å². The van der Waals surface area contributed by atoms with Gasteiger partial charge in [0.1, 0.15) is 15.8 Å². The van der Waals surface area contributed by atoms with Gasteiger partial charge in [0, 0.05) is 30.3 Å². The van der Waals surface area contributed by atoms with Crippen LogP contribution in [0, 0.1) is 5.92 Å². The zero-order chi connectivity index (χ0) is 24.2. The van der Waals surface area contributed by atoms with Crippen LogP contribution in [-0.4, -0.2) is 27.6 Å². The minimum absolute atomic E-state index is 0.544. The first-order valence-electron chi connectivity index (χ1n) is 13.8. The molecule has 4 nitrogen and oxygen atoms in total. The number of imidazole rings is 1. The van der Waals surface area contributed by atoms with Crippen molar-refractivity contribution >= 4 is 32.9 Å². The lowest BCUT2D eigenvalue weighted by Crippen LogP contribution is -2.23. The highest BCUT2D eigenvalue weighted by atomic mass is 32.1. The standard InChI is InChI=1S/C30H40N4S/c1-4-18-33(19-5-2)28-21-31-30(35-28)24-16-17-27-26(20-24)32-29(23(6-3)15-14-22-12-13-22)34(27)25-10-8-7-9-11-25/h6,14-17,20-22,25H,4-5,7-13,18-19H2,1-3H3/b15-14-,23-6+. The van der Waals surface area contributed by atoms with Gasteiger partial charge in [-0.1, -0.05) is 62.7 Å². The van der Waals surface area contributed by atoms with Crippen molar-refractivity contribution in [1.29, 1.82) is 0 Å². The first-order chi connectivity index (χ1) is 17.2. The van der Waals surface area contributed by atoms with Crippen molar-refractivity contribution in [3.63, 3.8) is 0 Å². The molecule has 2 saturated carbocycles. The van der Waals surface area contributed by atoms with E-state index in [1.54, 1.807) is 0 Å². The smallest absolute Gasteiger partial charge is 0.141 e. The average Bonchev–Trinajstić information content (AvgIpc) is 3.44. The van der Waals surface area contributed by atoms with Crippen molar-refractivity contribution in [2.75, 3.05) is 18.0 Å². The van der Waals surface area contributed by atoms with Gasteiger partial charge in [-0.2, -0.15) is 0 Å². The Bertz CT molecular complexity index is 1180. The number of hydrogen-bond donors (Lipinski definition) is 0. The van der Waals surface area contributed by atoms with Gasteiger partial charge in [-0.05, 0) is 69.6 Å². The normalized spacial score (nSPS) is 17.6. The minimum atomic E-state index is 0.544. The van der Waals surface area contributed by atoms with Crippen molar-refractivity contribution in [3.05, 3.63) is 48.4 Å². The third kappa shape index (κ3) is 5.40. The predicted octanol–water partition coefficient (Wildman–Crippen LogP) is 8.66. The summed E-state index contributed by atoms with van der Waals surface area (Å²) in [6.45, 7) is 8.82. The van der Waals surface area contributed by atoms with Crippen LogP contribution >= 0.6 is 11.3 Å². The fraction of sp³-hybridized carbons (Fsp3) is 0.533. The van der Waals surface area contributed by atoms with E-state index < -0.39 is 0 Å². The predicted molar refractivity (Wildman–Crippen MR) is 151 cm³/mol. The maximum absolute atomic E-state index is 5.25. The van der Waals surface area contributed by atoms with Crippen molar-refractivity contribution in [3.8, 4) is 10.6 Å². The van der Waals surface area contributed by atoms with Crippen LogP contribution in [0.25, 0.3) is 27.2 Å². The second-order valence-corrected chi connectivity index (χ2v) is 11.2. The first kappa shape index (κ1) is 24.3. The summed E-state index contributed by atoms with van der Waals surface area (Å²) in [4.78, 5) is 12.6. The molecular weight excluding hydrogens is 448 g/mol. The molecule has 1 aromatic carbocycles. The molecule has 0 radical (unpaired) electrons. The molecule has 3 aromatic rings. The van der Waals surface area contributed by atoms with Gasteiger partial charge in [0.2, 0.25) is 0 Å². The molecule has 0 atom stereocenters. The lowest BCUT2D eigenvalue weighted by molar-refractivity contribution is 0.358. The number of anilines is 1. The van der Waals surface area contributed by atoms with Crippen LogP contribution in [-0.2, 0) is 0 Å². The molecular formula is C30H40N4S. The lowest BCUT2D eigenvalue weighted by Gasteiger charge is -2.26. The van der Waals surface area contributed by atoms with E-state index in [2.05, 4.69) is 72.9 Å². The van der Waals surface area contributed by atoms with E-state index in [0.29, 0.717) is 6.04 Å². The molecule has 0 N–H and O–H groups in total. The molecule has 0 spiro atoms. The van der Waals surface area contributed by atoms with Gasteiger partial charge in [-0.25, -0.2) is 9.97 Å². The highest BCUT2D eigenvalue weighted by Gasteiger charge is 2.24. The van der Waals surface area contributed by atoms with Crippen molar-refractivity contribution in [2.24, 2.45) is 5.92 Å². The van der Waals surface area contributed by atoms with Gasteiger partial charge in [-0.15, -0.1) is 0 Å². The summed E-state index contributed by atoms with van der Waals surface area (Å²) in [7, 11) is 0. The van der Waals surface area contributed by atoms with E-state index in [0.717, 1.165) is 48.2 Å². The third-order valence-electron chi connectivity index (χ3n) is 7.41. The molecule has 0 bridgehead atoms. The highest BCUT2D eigenvalue weighted by Crippen LogP contribution is 2.38. The van der Waals surface area contributed by atoms with Crippen LogP contribution in [0.15, 0.2) is 42.6 Å². The number of hydrogen-bond acceptors (Lipinski definition) is 4. The fourth-order valence-electron chi connectivity index (χ4n) is 5.39. The Labute approximate surface area is 214 Å². The van der Waals surface area contributed by atoms with E-state index in [1.165, 1.54) is 66.6 Å². The molecule has 5 rings (SSSR count). The second-order valence-electron chi connectivity index (χ2n) is 10.2. The Balaban J connectivity index is 1.52. The largest absolute Gasteiger partial charge is 0.362 e. The molecule has 2 heterocycles. The maximum atomic E-state index is 5.25. The quantitative estimate of drug-likeness (QED) is 0.268. The van der Waals surface area contributed by atoms with Crippen LogP contribution in [0.1, 0.15) is 90.4 Å². The Morgan fingerprint density at radius 1 is 1.09 bits per heavy atom. The zero-order valence-electron chi connectivity index (χ0n) is 21.7. The number of aromatic nitrogens is 3. The van der Waals surface area contributed by atoms with Gasteiger partial charge >= 0.3 is 0 Å². The van der Waals surface area contributed by atoms with Crippen molar-refractivity contribution in [2.45, 2.75) is 84.6 Å². The molecule has 2 aliphatic rings. The van der Waals surface area contributed by atoms with E-state index >= 15 is 0 Å². The minimum Gasteiger partial charge on any atom is -0.362 e. The van der Waals surface area contributed by atoms with E-state index in [9.17, 15) is 0 Å². The fourth-order valence-corrected chi connectivity index (χ4v) is 6.36. The zero-order valence-corrected chi connectivity index (χ0v) is 22.5. The monoisotopic (exact) mass is 488 g/mol. The number of nitrogens with zero attached hydrogens (tertiary/aromatic N) is 4. The van der Waals surface area contributed by atoms with Gasteiger partial charge in [0.05, 0.1) is 17.2 Å². The topological polar surface area (TPSA) is 34.0 Å². The van der Waals surface area contributed by atoms with Crippen LogP contribution < -0.4 is 4.90 Å². The molecule has 0 amide bonds. The van der Waals surface area contributed by atoms with Gasteiger partial charge < -0.3 is 9.47 Å². The molecule has 0 aliphatic heterocycles. The number of allylic oxidation sites excluding steroid dienone is 4. The Kier molecular flexibility index (Phi) is 7.72. The van der Waals surface area contributed by atoms with Gasteiger partial charge in [-0.3, -0.25) is 0 Å². The molecule has 2 aliphatic carbocycles. The average molecular weight is 489 g/mol. The molecule has 2 fully saturated rings. The molecule has 0 unspecified atom stereocenters. The number of fused-ring (bicyclic) bond motifs is 1. The Morgan fingerprint density at radius 2 is 1.86 bits per heavy atom. The third-order valence-corrected chi connectivity index (χ3v) is 8.51. The first-order valence-corrected chi connectivity index (χ1v) is 14.6.